The first-order chi connectivity index (χ1) is 14.1. The number of aromatic nitrogens is 1. The van der Waals surface area contributed by atoms with E-state index in [2.05, 4.69) is 10.3 Å². The predicted molar refractivity (Wildman–Crippen MR) is 111 cm³/mol. The van der Waals surface area contributed by atoms with Gasteiger partial charge in [-0.1, -0.05) is 24.3 Å². The maximum atomic E-state index is 12.7. The number of aryl methyl sites for hydroxylation is 2. The molecule has 2 aromatic heterocycles. The molecule has 29 heavy (non-hydrogen) atoms. The molecule has 0 saturated carbocycles. The van der Waals surface area contributed by atoms with Gasteiger partial charge < -0.3 is 13.9 Å². The fourth-order valence-electron chi connectivity index (χ4n) is 3.43. The van der Waals surface area contributed by atoms with Gasteiger partial charge in [0.05, 0.1) is 5.69 Å². The van der Waals surface area contributed by atoms with Gasteiger partial charge in [0.2, 0.25) is 6.79 Å². The van der Waals surface area contributed by atoms with Crippen molar-refractivity contribution in [3.05, 3.63) is 69.9 Å². The first kappa shape index (κ1) is 17.8. The Balaban J connectivity index is 1.36. The average Bonchev–Trinajstić information content (AvgIpc) is 3.40. The first-order valence-electron chi connectivity index (χ1n) is 9.23. The lowest BCUT2D eigenvalue weighted by Gasteiger charge is -2.02. The molecule has 1 amide bonds. The number of benzene rings is 2. The van der Waals surface area contributed by atoms with E-state index in [1.165, 1.54) is 11.3 Å². The Bertz CT molecular complexity index is 1240. The zero-order chi connectivity index (χ0) is 20.0. The Kier molecular flexibility index (Phi) is 4.24. The molecule has 1 aliphatic rings. The van der Waals surface area contributed by atoms with Crippen molar-refractivity contribution in [1.29, 1.82) is 0 Å². The van der Waals surface area contributed by atoms with E-state index >= 15 is 0 Å². The van der Waals surface area contributed by atoms with Crippen LogP contribution in [0.4, 0.5) is 5.13 Å². The monoisotopic (exact) mass is 406 g/mol. The normalized spacial score (nSPS) is 12.5. The smallest absolute Gasteiger partial charge is 0.293 e. The average molecular weight is 406 g/mol. The number of furan rings is 1. The summed E-state index contributed by atoms with van der Waals surface area (Å²) in [4.78, 5) is 18.3. The number of amides is 1. The summed E-state index contributed by atoms with van der Waals surface area (Å²) in [6, 6.07) is 13.5. The van der Waals surface area contributed by atoms with Gasteiger partial charge in [-0.05, 0) is 37.6 Å². The number of thiazole rings is 1. The van der Waals surface area contributed by atoms with Crippen LogP contribution in [-0.2, 0) is 6.42 Å². The largest absolute Gasteiger partial charge is 0.454 e. The molecule has 0 atom stereocenters. The Labute approximate surface area is 171 Å². The summed E-state index contributed by atoms with van der Waals surface area (Å²) < 4.78 is 16.6. The van der Waals surface area contributed by atoms with E-state index in [4.69, 9.17) is 13.9 Å². The highest BCUT2D eigenvalue weighted by atomic mass is 32.1. The van der Waals surface area contributed by atoms with Crippen LogP contribution in [0.5, 0.6) is 11.5 Å². The van der Waals surface area contributed by atoms with Gasteiger partial charge in [-0.3, -0.25) is 10.1 Å². The van der Waals surface area contributed by atoms with Crippen LogP contribution < -0.4 is 14.8 Å². The number of carbonyl (C=O) groups is 1. The topological polar surface area (TPSA) is 73.6 Å². The Morgan fingerprint density at radius 2 is 1.97 bits per heavy atom. The Morgan fingerprint density at radius 3 is 2.83 bits per heavy atom. The number of carbonyl (C=O) groups excluding carboxylic acids is 1. The van der Waals surface area contributed by atoms with Crippen molar-refractivity contribution >= 4 is 33.3 Å². The molecular formula is C22H18N2O4S. The molecule has 7 heteroatoms. The lowest BCUT2D eigenvalue weighted by atomic mass is 10.1. The molecular weight excluding hydrogens is 388 g/mol. The standard InChI is InChI=1S/C22H18N2O4S/c1-12-15-5-3-4-6-16(15)28-20(12)21(25)24-22-23-13(2)19(29-22)10-14-7-8-17-18(9-14)27-11-26-17/h3-9H,10-11H2,1-2H3,(H,23,24,25). The quantitative estimate of drug-likeness (QED) is 0.512. The molecule has 146 valence electrons. The van der Waals surface area contributed by atoms with Gasteiger partial charge in [-0.15, -0.1) is 11.3 Å². The highest BCUT2D eigenvalue weighted by Crippen LogP contribution is 2.34. The summed E-state index contributed by atoms with van der Waals surface area (Å²) in [7, 11) is 0. The number of hydrogen-bond acceptors (Lipinski definition) is 6. The van der Waals surface area contributed by atoms with Crippen LogP contribution in [0, 0.1) is 13.8 Å². The molecule has 4 aromatic rings. The number of fused-ring (bicyclic) bond motifs is 2. The Hall–Kier alpha value is -3.32. The number of anilines is 1. The van der Waals surface area contributed by atoms with Crippen LogP contribution >= 0.6 is 11.3 Å². The van der Waals surface area contributed by atoms with Crippen molar-refractivity contribution in [3.8, 4) is 11.5 Å². The summed E-state index contributed by atoms with van der Waals surface area (Å²) in [6.07, 6.45) is 0.708. The summed E-state index contributed by atoms with van der Waals surface area (Å²) in [5.41, 5.74) is 3.53. The summed E-state index contributed by atoms with van der Waals surface area (Å²) in [5, 5.41) is 4.38. The van der Waals surface area contributed by atoms with Crippen molar-refractivity contribution in [2.45, 2.75) is 20.3 Å². The van der Waals surface area contributed by atoms with E-state index in [0.717, 1.165) is 38.6 Å². The third-order valence-electron chi connectivity index (χ3n) is 4.96. The fraction of sp³-hybridized carbons (Fsp3) is 0.182. The molecule has 0 radical (unpaired) electrons. The van der Waals surface area contributed by atoms with Crippen LogP contribution in [0.1, 0.15) is 32.3 Å². The lowest BCUT2D eigenvalue weighted by molar-refractivity contribution is 0.0998. The lowest BCUT2D eigenvalue weighted by Crippen LogP contribution is -2.11. The zero-order valence-electron chi connectivity index (χ0n) is 15.9. The molecule has 3 heterocycles. The van der Waals surface area contributed by atoms with Gasteiger partial charge in [0, 0.05) is 22.2 Å². The number of rotatable bonds is 4. The summed E-state index contributed by atoms with van der Waals surface area (Å²) >= 11 is 1.47. The van der Waals surface area contributed by atoms with E-state index in [0.29, 0.717) is 22.9 Å². The number of nitrogens with zero attached hydrogens (tertiary/aromatic N) is 1. The summed E-state index contributed by atoms with van der Waals surface area (Å²) in [5.74, 6) is 1.56. The van der Waals surface area contributed by atoms with E-state index < -0.39 is 0 Å². The number of nitrogens with one attached hydrogen (secondary N) is 1. The molecule has 1 aliphatic heterocycles. The van der Waals surface area contributed by atoms with Crippen LogP contribution in [0.25, 0.3) is 11.0 Å². The van der Waals surface area contributed by atoms with E-state index in [-0.39, 0.29) is 12.7 Å². The highest BCUT2D eigenvalue weighted by molar-refractivity contribution is 7.15. The van der Waals surface area contributed by atoms with Gasteiger partial charge in [0.25, 0.3) is 5.91 Å². The minimum atomic E-state index is -0.290. The first-order valence-corrected chi connectivity index (χ1v) is 10.0. The minimum absolute atomic E-state index is 0.260. The predicted octanol–water partition coefficient (Wildman–Crippen LogP) is 5.08. The van der Waals surface area contributed by atoms with Crippen LogP contribution in [0.2, 0.25) is 0 Å². The number of para-hydroxylation sites is 1. The van der Waals surface area contributed by atoms with E-state index in [9.17, 15) is 4.79 Å². The van der Waals surface area contributed by atoms with Gasteiger partial charge >= 0.3 is 0 Å². The van der Waals surface area contributed by atoms with Crippen LogP contribution in [0.3, 0.4) is 0 Å². The molecule has 0 unspecified atom stereocenters. The second-order valence-electron chi connectivity index (χ2n) is 6.90. The SMILES string of the molecule is Cc1nc(NC(=O)c2oc3ccccc3c2C)sc1Cc1ccc2c(c1)OCO2. The third kappa shape index (κ3) is 3.23. The molecule has 1 N–H and O–H groups in total. The summed E-state index contributed by atoms with van der Waals surface area (Å²) in [6.45, 7) is 4.09. The van der Waals surface area contributed by atoms with Crippen molar-refractivity contribution in [2.75, 3.05) is 12.1 Å². The number of ether oxygens (including phenoxy) is 2. The van der Waals surface area contributed by atoms with Crippen LogP contribution in [-0.4, -0.2) is 17.7 Å². The van der Waals surface area contributed by atoms with E-state index in [1.54, 1.807) is 0 Å². The van der Waals surface area contributed by atoms with Gasteiger partial charge in [0.15, 0.2) is 22.4 Å². The molecule has 5 rings (SSSR count). The van der Waals surface area contributed by atoms with Crippen molar-refractivity contribution in [3.63, 3.8) is 0 Å². The maximum absolute atomic E-state index is 12.7. The second-order valence-corrected chi connectivity index (χ2v) is 7.98. The zero-order valence-corrected chi connectivity index (χ0v) is 16.8. The highest BCUT2D eigenvalue weighted by Gasteiger charge is 2.20. The van der Waals surface area contributed by atoms with Crippen molar-refractivity contribution < 1.29 is 18.7 Å². The molecule has 2 aromatic carbocycles. The van der Waals surface area contributed by atoms with Crippen molar-refractivity contribution in [2.24, 2.45) is 0 Å². The maximum Gasteiger partial charge on any atom is 0.293 e. The molecule has 0 fully saturated rings. The van der Waals surface area contributed by atoms with E-state index in [1.807, 2.05) is 56.3 Å². The third-order valence-corrected chi connectivity index (χ3v) is 6.04. The van der Waals surface area contributed by atoms with Crippen LogP contribution in [0.15, 0.2) is 46.9 Å². The molecule has 0 aliphatic carbocycles. The molecule has 0 saturated heterocycles. The molecule has 0 bridgehead atoms. The minimum Gasteiger partial charge on any atom is -0.454 e. The fourth-order valence-corrected chi connectivity index (χ4v) is 4.42. The second kappa shape index (κ2) is 6.93. The molecule has 6 nitrogen and oxygen atoms in total. The van der Waals surface area contributed by atoms with Crippen molar-refractivity contribution in [1.82, 2.24) is 4.98 Å². The van der Waals surface area contributed by atoms with Gasteiger partial charge in [-0.2, -0.15) is 0 Å². The van der Waals surface area contributed by atoms with Gasteiger partial charge in [-0.25, -0.2) is 4.98 Å². The molecule has 0 spiro atoms. The van der Waals surface area contributed by atoms with Gasteiger partial charge in [0.1, 0.15) is 5.58 Å². The number of hydrogen-bond donors (Lipinski definition) is 1. The Morgan fingerprint density at radius 1 is 1.14 bits per heavy atom.